The summed E-state index contributed by atoms with van der Waals surface area (Å²) in [6, 6.07) is 5.90. The molecular weight excluding hydrogens is 408 g/mol. The second kappa shape index (κ2) is 13.8. The normalized spacial score (nSPS) is 20.5. The molecule has 8 nitrogen and oxygen atoms in total. The summed E-state index contributed by atoms with van der Waals surface area (Å²) in [6.45, 7) is 0. The number of ketones is 1. The van der Waals surface area contributed by atoms with Crippen LogP contribution in [0.2, 0.25) is 0 Å². The second-order valence-corrected chi connectivity index (χ2v) is 8.39. The number of esters is 1. The van der Waals surface area contributed by atoms with E-state index in [0.29, 0.717) is 30.6 Å². The van der Waals surface area contributed by atoms with Crippen LogP contribution < -0.4 is 27.5 Å². The SMILES string of the molecule is NNC(=O)C(N)CCCCCC(=O)c1ccc(OC(=O)C[C@@H]2CCCC/C=C/[C@H]2N)cc1. The molecule has 2 rings (SSSR count). The van der Waals surface area contributed by atoms with Crippen LogP contribution in [0.4, 0.5) is 0 Å². The van der Waals surface area contributed by atoms with Crippen LogP contribution in [-0.4, -0.2) is 29.7 Å². The molecule has 176 valence electrons. The number of hydrazine groups is 1. The van der Waals surface area contributed by atoms with Crippen LogP contribution in [-0.2, 0) is 9.59 Å². The molecule has 1 aromatic rings. The molecule has 0 spiro atoms. The van der Waals surface area contributed by atoms with Crippen molar-refractivity contribution in [3.8, 4) is 5.75 Å². The molecule has 0 heterocycles. The molecule has 1 aliphatic rings. The number of Topliss-reactive ketones (excluding diaryl/α,β-unsaturated/α-hetero) is 1. The third-order valence-electron chi connectivity index (χ3n) is 5.83. The first-order valence-corrected chi connectivity index (χ1v) is 11.4. The maximum Gasteiger partial charge on any atom is 0.311 e. The predicted octanol–water partition coefficient (Wildman–Crippen LogP) is 2.51. The van der Waals surface area contributed by atoms with E-state index in [-0.39, 0.29) is 36.0 Å². The van der Waals surface area contributed by atoms with Crippen LogP contribution in [0.1, 0.15) is 74.6 Å². The van der Waals surface area contributed by atoms with Crippen molar-refractivity contribution in [1.82, 2.24) is 5.43 Å². The lowest BCUT2D eigenvalue weighted by atomic mass is 9.88. The highest BCUT2D eigenvalue weighted by Crippen LogP contribution is 2.22. The van der Waals surface area contributed by atoms with Crippen LogP contribution >= 0.6 is 0 Å². The quantitative estimate of drug-likeness (QED) is 0.0598. The van der Waals surface area contributed by atoms with Gasteiger partial charge in [0.1, 0.15) is 5.75 Å². The van der Waals surface area contributed by atoms with Gasteiger partial charge in [0.05, 0.1) is 12.5 Å². The highest BCUT2D eigenvalue weighted by Gasteiger charge is 2.21. The van der Waals surface area contributed by atoms with E-state index in [9.17, 15) is 14.4 Å². The van der Waals surface area contributed by atoms with Gasteiger partial charge in [0.15, 0.2) is 5.78 Å². The highest BCUT2D eigenvalue weighted by atomic mass is 16.5. The molecule has 0 saturated carbocycles. The topological polar surface area (TPSA) is 151 Å². The first-order valence-electron chi connectivity index (χ1n) is 11.4. The summed E-state index contributed by atoms with van der Waals surface area (Å²) in [5.41, 5.74) is 14.5. The molecule has 0 saturated heterocycles. The van der Waals surface area contributed by atoms with E-state index in [1.54, 1.807) is 24.3 Å². The summed E-state index contributed by atoms with van der Waals surface area (Å²) in [7, 11) is 0. The molecule has 0 radical (unpaired) electrons. The molecule has 0 fully saturated rings. The van der Waals surface area contributed by atoms with E-state index < -0.39 is 6.04 Å². The van der Waals surface area contributed by atoms with Gasteiger partial charge in [-0.2, -0.15) is 0 Å². The molecule has 8 heteroatoms. The number of carbonyl (C=O) groups is 3. The van der Waals surface area contributed by atoms with Crippen molar-refractivity contribution in [1.29, 1.82) is 0 Å². The summed E-state index contributed by atoms with van der Waals surface area (Å²) in [5, 5.41) is 0. The Bertz CT molecular complexity index is 779. The number of hydrogen-bond acceptors (Lipinski definition) is 7. The number of rotatable bonds is 11. The first kappa shape index (κ1) is 25.7. The lowest BCUT2D eigenvalue weighted by molar-refractivity contribution is -0.135. The molecule has 0 aromatic heterocycles. The molecule has 1 amide bonds. The Kier molecular flexibility index (Phi) is 11.1. The Morgan fingerprint density at radius 3 is 2.56 bits per heavy atom. The zero-order valence-electron chi connectivity index (χ0n) is 18.6. The minimum Gasteiger partial charge on any atom is -0.427 e. The fourth-order valence-corrected chi connectivity index (χ4v) is 3.81. The van der Waals surface area contributed by atoms with Crippen molar-refractivity contribution in [2.24, 2.45) is 23.2 Å². The molecular formula is C24H36N4O4. The smallest absolute Gasteiger partial charge is 0.311 e. The fraction of sp³-hybridized carbons (Fsp3) is 0.542. The number of hydrogen-bond donors (Lipinski definition) is 4. The van der Waals surface area contributed by atoms with Gasteiger partial charge in [0, 0.05) is 18.0 Å². The van der Waals surface area contributed by atoms with Crippen molar-refractivity contribution in [3.63, 3.8) is 0 Å². The molecule has 1 aliphatic carbocycles. The maximum absolute atomic E-state index is 12.4. The molecule has 3 atom stereocenters. The second-order valence-electron chi connectivity index (χ2n) is 8.39. The molecule has 32 heavy (non-hydrogen) atoms. The Hall–Kier alpha value is -2.55. The van der Waals surface area contributed by atoms with E-state index in [4.69, 9.17) is 22.0 Å². The lowest BCUT2D eigenvalue weighted by Gasteiger charge is -2.22. The highest BCUT2D eigenvalue weighted by molar-refractivity contribution is 5.96. The van der Waals surface area contributed by atoms with Crippen LogP contribution in [0.5, 0.6) is 5.75 Å². The van der Waals surface area contributed by atoms with Gasteiger partial charge in [-0.15, -0.1) is 0 Å². The van der Waals surface area contributed by atoms with Gasteiger partial charge in [0.25, 0.3) is 5.91 Å². The van der Waals surface area contributed by atoms with Crippen LogP contribution in [0.15, 0.2) is 36.4 Å². The zero-order valence-corrected chi connectivity index (χ0v) is 18.6. The summed E-state index contributed by atoms with van der Waals surface area (Å²) in [6.07, 6.45) is 11.7. The number of nitrogens with one attached hydrogen (secondary N) is 1. The van der Waals surface area contributed by atoms with Gasteiger partial charge in [-0.05, 0) is 62.3 Å². The Morgan fingerprint density at radius 1 is 1.09 bits per heavy atom. The number of amides is 1. The average molecular weight is 445 g/mol. The van der Waals surface area contributed by atoms with Gasteiger partial charge >= 0.3 is 5.97 Å². The van der Waals surface area contributed by atoms with Crippen LogP contribution in [0.3, 0.4) is 0 Å². The van der Waals surface area contributed by atoms with Crippen molar-refractivity contribution in [2.45, 2.75) is 76.3 Å². The molecule has 0 bridgehead atoms. The van der Waals surface area contributed by atoms with Gasteiger partial charge in [-0.25, -0.2) is 5.84 Å². The number of benzene rings is 1. The molecule has 1 unspecified atom stereocenters. The number of carbonyl (C=O) groups excluding carboxylic acids is 3. The Morgan fingerprint density at radius 2 is 1.84 bits per heavy atom. The van der Waals surface area contributed by atoms with E-state index >= 15 is 0 Å². The van der Waals surface area contributed by atoms with Gasteiger partial charge in [-0.3, -0.25) is 19.8 Å². The van der Waals surface area contributed by atoms with Gasteiger partial charge in [-0.1, -0.05) is 31.4 Å². The summed E-state index contributed by atoms with van der Waals surface area (Å²) in [5.74, 6) is 4.89. The van der Waals surface area contributed by atoms with Crippen molar-refractivity contribution < 1.29 is 19.1 Å². The summed E-state index contributed by atoms with van der Waals surface area (Å²) < 4.78 is 5.45. The molecule has 0 aliphatic heterocycles. The van der Waals surface area contributed by atoms with Crippen molar-refractivity contribution in [3.05, 3.63) is 42.0 Å². The number of nitrogens with two attached hydrogens (primary N) is 3. The average Bonchev–Trinajstić information content (AvgIpc) is 2.78. The van der Waals surface area contributed by atoms with Crippen LogP contribution in [0.25, 0.3) is 0 Å². The van der Waals surface area contributed by atoms with Crippen molar-refractivity contribution in [2.75, 3.05) is 0 Å². The van der Waals surface area contributed by atoms with E-state index in [1.165, 1.54) is 0 Å². The minimum atomic E-state index is -0.620. The summed E-state index contributed by atoms with van der Waals surface area (Å²) in [4.78, 5) is 36.0. The van der Waals surface area contributed by atoms with Crippen LogP contribution in [0, 0.1) is 5.92 Å². The maximum atomic E-state index is 12.4. The van der Waals surface area contributed by atoms with Gasteiger partial charge < -0.3 is 16.2 Å². The monoisotopic (exact) mass is 444 g/mol. The standard InChI is InChI=1S/C24H36N4O4/c25-20-9-5-2-1-4-8-18(20)16-23(30)32-19-14-12-17(13-15-19)22(29)11-7-3-6-10-21(26)24(31)28-27/h5,9,12-15,18,20-21H,1-4,6-8,10-11,16,25-27H2,(H,28,31)/b9-5+/t18-,20+,21?/m0/s1. The molecule has 1 aromatic carbocycles. The van der Waals surface area contributed by atoms with E-state index in [1.807, 2.05) is 11.5 Å². The lowest BCUT2D eigenvalue weighted by Crippen LogP contribution is -2.43. The van der Waals surface area contributed by atoms with Crippen molar-refractivity contribution >= 4 is 17.7 Å². The number of unbranched alkanes of at least 4 members (excludes halogenated alkanes) is 2. The number of allylic oxidation sites excluding steroid dienone is 1. The predicted molar refractivity (Wildman–Crippen MR) is 123 cm³/mol. The minimum absolute atomic E-state index is 0.0270. The summed E-state index contributed by atoms with van der Waals surface area (Å²) >= 11 is 0. The Balaban J connectivity index is 1.73. The largest absolute Gasteiger partial charge is 0.427 e. The van der Waals surface area contributed by atoms with Gasteiger partial charge in [0.2, 0.25) is 0 Å². The fourth-order valence-electron chi connectivity index (χ4n) is 3.81. The third kappa shape index (κ3) is 8.90. The number of ether oxygens (including phenoxy) is 1. The van der Waals surface area contributed by atoms with E-state index in [2.05, 4.69) is 6.08 Å². The zero-order chi connectivity index (χ0) is 23.3. The van der Waals surface area contributed by atoms with E-state index in [0.717, 1.165) is 38.5 Å². The molecule has 7 N–H and O–H groups in total. The Labute approximate surface area is 189 Å². The third-order valence-corrected chi connectivity index (χ3v) is 5.83. The first-order chi connectivity index (χ1) is 15.4.